The minimum atomic E-state index is -4.26. The lowest BCUT2D eigenvalue weighted by Gasteiger charge is -2.09. The van der Waals surface area contributed by atoms with E-state index in [-0.39, 0.29) is 23.6 Å². The number of benzene rings is 1. The van der Waals surface area contributed by atoms with Crippen molar-refractivity contribution < 1.29 is 18.1 Å². The van der Waals surface area contributed by atoms with E-state index in [1.165, 1.54) is 6.07 Å². The molecule has 0 bridgehead atoms. The van der Waals surface area contributed by atoms with Crippen LogP contribution in [0.5, 0.6) is 0 Å². The van der Waals surface area contributed by atoms with Gasteiger partial charge in [-0.3, -0.25) is 10.1 Å². The summed E-state index contributed by atoms with van der Waals surface area (Å²) in [6, 6.07) is 3.60. The molecule has 0 saturated heterocycles. The number of nitro groups is 1. The van der Waals surface area contributed by atoms with Crippen LogP contribution in [-0.4, -0.2) is 17.6 Å². The first-order valence-electron chi connectivity index (χ1n) is 4.63. The van der Waals surface area contributed by atoms with Gasteiger partial charge in [0, 0.05) is 30.1 Å². The summed E-state index contributed by atoms with van der Waals surface area (Å²) in [5, 5.41) is 12.9. The molecule has 0 fully saturated rings. The molecule has 0 spiro atoms. The van der Waals surface area contributed by atoms with E-state index in [0.29, 0.717) is 0 Å². The van der Waals surface area contributed by atoms with Crippen LogP contribution >= 0.6 is 0 Å². The van der Waals surface area contributed by atoms with Crippen LogP contribution in [0.25, 0.3) is 0 Å². The molecule has 0 heterocycles. The van der Waals surface area contributed by atoms with Crippen LogP contribution in [0.3, 0.4) is 0 Å². The van der Waals surface area contributed by atoms with Crippen LogP contribution in [0.4, 0.5) is 30.2 Å². The van der Waals surface area contributed by atoms with Gasteiger partial charge in [0.15, 0.2) is 0 Å². The molecule has 0 radical (unpaired) electrons. The van der Waals surface area contributed by atoms with Gasteiger partial charge in [-0.25, -0.2) is 0 Å². The molecule has 0 amide bonds. The van der Waals surface area contributed by atoms with Gasteiger partial charge >= 0.3 is 6.18 Å². The second-order valence-electron chi connectivity index (χ2n) is 3.36. The number of halogens is 3. The Hall–Kier alpha value is -1.99. The molecule has 0 atom stereocenters. The van der Waals surface area contributed by atoms with Crippen LogP contribution in [0, 0.1) is 10.1 Å². The second-order valence-corrected chi connectivity index (χ2v) is 3.36. The Morgan fingerprint density at radius 1 is 1.35 bits per heavy atom. The molecule has 1 aromatic rings. The lowest BCUT2D eigenvalue weighted by molar-refractivity contribution is -0.384. The number of nitrogen functional groups attached to an aromatic ring is 1. The molecule has 1 rings (SSSR count). The number of nitrogens with one attached hydrogen (secondary N) is 1. The average molecular weight is 249 g/mol. The number of nitro benzene ring substituents is 1. The molecular weight excluding hydrogens is 239 g/mol. The molecule has 1 aromatic carbocycles. The number of nitrogens with two attached hydrogens (primary N) is 1. The second kappa shape index (κ2) is 4.89. The number of alkyl halides is 3. The maximum atomic E-state index is 11.9. The van der Waals surface area contributed by atoms with E-state index in [0.717, 1.165) is 12.1 Å². The molecule has 0 saturated carbocycles. The Labute approximate surface area is 94.6 Å². The van der Waals surface area contributed by atoms with Gasteiger partial charge in [-0.1, -0.05) is 0 Å². The van der Waals surface area contributed by atoms with Crippen molar-refractivity contribution in [3.05, 3.63) is 28.3 Å². The van der Waals surface area contributed by atoms with Gasteiger partial charge in [0.2, 0.25) is 0 Å². The van der Waals surface area contributed by atoms with Gasteiger partial charge in [0.1, 0.15) is 0 Å². The maximum absolute atomic E-state index is 11.9. The highest BCUT2D eigenvalue weighted by molar-refractivity contribution is 5.61. The first-order chi connectivity index (χ1) is 7.78. The quantitative estimate of drug-likeness (QED) is 0.488. The van der Waals surface area contributed by atoms with E-state index >= 15 is 0 Å². The molecule has 0 aromatic heterocycles. The zero-order chi connectivity index (χ0) is 13.1. The Balaban J connectivity index is 2.68. The van der Waals surface area contributed by atoms with Gasteiger partial charge in [0.25, 0.3) is 5.69 Å². The van der Waals surface area contributed by atoms with E-state index in [9.17, 15) is 23.3 Å². The Morgan fingerprint density at radius 2 is 2.00 bits per heavy atom. The fourth-order valence-electron chi connectivity index (χ4n) is 1.19. The first kappa shape index (κ1) is 13.1. The molecule has 94 valence electrons. The summed E-state index contributed by atoms with van der Waals surface area (Å²) in [5.41, 5.74) is 5.44. The Bertz CT molecular complexity index is 420. The predicted octanol–water partition coefficient (Wildman–Crippen LogP) is 2.54. The highest BCUT2D eigenvalue weighted by Gasteiger charge is 2.26. The Morgan fingerprint density at radius 3 is 2.53 bits per heavy atom. The first-order valence-corrected chi connectivity index (χ1v) is 4.63. The number of hydrogen-bond donors (Lipinski definition) is 2. The average Bonchev–Trinajstić information content (AvgIpc) is 2.14. The molecule has 8 heteroatoms. The van der Waals surface area contributed by atoms with Gasteiger partial charge in [-0.05, 0) is 6.07 Å². The molecule has 3 N–H and O–H groups in total. The summed E-state index contributed by atoms with van der Waals surface area (Å²) < 4.78 is 35.6. The third-order valence-corrected chi connectivity index (χ3v) is 1.89. The molecule has 5 nitrogen and oxygen atoms in total. The monoisotopic (exact) mass is 249 g/mol. The predicted molar refractivity (Wildman–Crippen MR) is 56.7 cm³/mol. The standard InChI is InChI=1S/C9H10F3N3O2/c10-9(11,12)1-2-14-7-3-6(13)4-8(5-7)15(16)17/h3-5,14H,1-2,13H2. The van der Waals surface area contributed by atoms with Crippen molar-refractivity contribution in [2.24, 2.45) is 0 Å². The summed E-state index contributed by atoms with van der Waals surface area (Å²) >= 11 is 0. The molecule has 0 unspecified atom stereocenters. The van der Waals surface area contributed by atoms with Gasteiger partial charge in [-0.2, -0.15) is 13.2 Å². The van der Waals surface area contributed by atoms with Crippen LogP contribution < -0.4 is 11.1 Å². The van der Waals surface area contributed by atoms with Gasteiger partial charge < -0.3 is 11.1 Å². The smallest absolute Gasteiger partial charge is 0.390 e. The summed E-state index contributed by atoms with van der Waals surface area (Å²) in [4.78, 5) is 9.82. The van der Waals surface area contributed by atoms with Crippen LogP contribution in [0.1, 0.15) is 6.42 Å². The zero-order valence-corrected chi connectivity index (χ0v) is 8.62. The topological polar surface area (TPSA) is 81.2 Å². The number of rotatable bonds is 4. The van der Waals surface area contributed by atoms with Crippen molar-refractivity contribution in [2.75, 3.05) is 17.6 Å². The minimum absolute atomic E-state index is 0.119. The highest BCUT2D eigenvalue weighted by Crippen LogP contribution is 2.23. The van der Waals surface area contributed by atoms with Crippen molar-refractivity contribution in [1.82, 2.24) is 0 Å². The normalized spacial score (nSPS) is 11.2. The molecule has 0 aliphatic heterocycles. The summed E-state index contributed by atoms with van der Waals surface area (Å²) in [5.74, 6) is 0. The van der Waals surface area contributed by atoms with Crippen molar-refractivity contribution in [3.8, 4) is 0 Å². The molecular formula is C9H10F3N3O2. The van der Waals surface area contributed by atoms with E-state index in [1.807, 2.05) is 0 Å². The van der Waals surface area contributed by atoms with Crippen molar-refractivity contribution in [3.63, 3.8) is 0 Å². The van der Waals surface area contributed by atoms with E-state index in [1.54, 1.807) is 0 Å². The van der Waals surface area contributed by atoms with Crippen LogP contribution in [0.2, 0.25) is 0 Å². The summed E-state index contributed by atoms with van der Waals surface area (Å²) in [7, 11) is 0. The summed E-state index contributed by atoms with van der Waals surface area (Å²) in [6.07, 6.45) is -5.28. The highest BCUT2D eigenvalue weighted by atomic mass is 19.4. The fourth-order valence-corrected chi connectivity index (χ4v) is 1.19. The van der Waals surface area contributed by atoms with Crippen molar-refractivity contribution in [2.45, 2.75) is 12.6 Å². The molecule has 0 aliphatic rings. The van der Waals surface area contributed by atoms with Gasteiger partial charge in [-0.15, -0.1) is 0 Å². The zero-order valence-electron chi connectivity index (χ0n) is 8.62. The number of non-ortho nitro benzene ring substituents is 1. The van der Waals surface area contributed by atoms with E-state index in [2.05, 4.69) is 5.32 Å². The van der Waals surface area contributed by atoms with Gasteiger partial charge in [0.05, 0.1) is 11.3 Å². The molecule has 0 aliphatic carbocycles. The number of anilines is 2. The lowest BCUT2D eigenvalue weighted by atomic mass is 10.2. The SMILES string of the molecule is Nc1cc(NCCC(F)(F)F)cc([N+](=O)[O-])c1. The lowest BCUT2D eigenvalue weighted by Crippen LogP contribution is -2.14. The maximum Gasteiger partial charge on any atom is 0.390 e. The third kappa shape index (κ3) is 4.58. The fraction of sp³-hybridized carbons (Fsp3) is 0.333. The number of nitrogens with zero attached hydrogens (tertiary/aromatic N) is 1. The van der Waals surface area contributed by atoms with E-state index < -0.39 is 17.5 Å². The minimum Gasteiger partial charge on any atom is -0.398 e. The van der Waals surface area contributed by atoms with Crippen LogP contribution in [-0.2, 0) is 0 Å². The Kier molecular flexibility index (Phi) is 3.77. The van der Waals surface area contributed by atoms with Crippen LogP contribution in [0.15, 0.2) is 18.2 Å². The van der Waals surface area contributed by atoms with Crippen molar-refractivity contribution in [1.29, 1.82) is 0 Å². The summed E-state index contributed by atoms with van der Waals surface area (Å²) in [6.45, 7) is -0.357. The van der Waals surface area contributed by atoms with Crippen molar-refractivity contribution >= 4 is 17.1 Å². The number of hydrogen-bond acceptors (Lipinski definition) is 4. The largest absolute Gasteiger partial charge is 0.398 e. The molecule has 17 heavy (non-hydrogen) atoms. The van der Waals surface area contributed by atoms with E-state index in [4.69, 9.17) is 5.73 Å². The third-order valence-electron chi connectivity index (χ3n) is 1.89.